The molecule has 0 amide bonds. The Balaban J connectivity index is 1.03. The molecule has 304 valence electrons. The van der Waals surface area contributed by atoms with Gasteiger partial charge in [-0.25, -0.2) is 0 Å². The van der Waals surface area contributed by atoms with Crippen molar-refractivity contribution in [2.45, 2.75) is 5.41 Å². The molecule has 0 aliphatic heterocycles. The number of pyridine rings is 1. The summed E-state index contributed by atoms with van der Waals surface area (Å²) in [6.45, 7) is 0. The fourth-order valence-corrected chi connectivity index (χ4v) is 13.8. The fraction of sp³-hybridized carbons (Fsp3) is 0.0161. The molecule has 2 aliphatic rings. The van der Waals surface area contributed by atoms with Gasteiger partial charge in [0.2, 0.25) is 0 Å². The van der Waals surface area contributed by atoms with Crippen molar-refractivity contribution in [3.05, 3.63) is 239 Å². The second-order valence-electron chi connectivity index (χ2n) is 18.2. The lowest BCUT2D eigenvalue weighted by atomic mass is 9.70. The van der Waals surface area contributed by atoms with Crippen LogP contribution in [0, 0.1) is 0 Å². The zero-order chi connectivity index (χ0) is 43.0. The van der Waals surface area contributed by atoms with Crippen molar-refractivity contribution in [1.82, 2.24) is 8.97 Å². The van der Waals surface area contributed by atoms with Crippen LogP contribution in [0.4, 0.5) is 0 Å². The van der Waals surface area contributed by atoms with E-state index in [-0.39, 0.29) is 5.56 Å². The quantitative estimate of drug-likeness (QED) is 0.159. The second kappa shape index (κ2) is 12.3. The maximum absolute atomic E-state index is 14.6. The lowest BCUT2D eigenvalue weighted by Crippen LogP contribution is -2.25. The number of para-hydroxylation sites is 3. The number of fused-ring (bicyclic) bond motifs is 21. The first-order valence-electron chi connectivity index (χ1n) is 22.7. The molecule has 0 unspecified atom stereocenters. The number of aromatic nitrogens is 2. The summed E-state index contributed by atoms with van der Waals surface area (Å²) in [5.74, 6) is 0. The van der Waals surface area contributed by atoms with Gasteiger partial charge in [0.1, 0.15) is 0 Å². The molecule has 4 aromatic heterocycles. The van der Waals surface area contributed by atoms with E-state index >= 15 is 0 Å². The summed E-state index contributed by atoms with van der Waals surface area (Å²) in [4.78, 5) is 14.6. The van der Waals surface area contributed by atoms with E-state index in [1.807, 2.05) is 21.8 Å². The molecule has 0 saturated heterocycles. The molecule has 0 fully saturated rings. The first-order chi connectivity index (χ1) is 32.7. The van der Waals surface area contributed by atoms with Crippen LogP contribution in [0.25, 0.3) is 119 Å². The van der Waals surface area contributed by atoms with Gasteiger partial charge in [-0.2, -0.15) is 0 Å². The Labute approximate surface area is 381 Å². The zero-order valence-electron chi connectivity index (χ0n) is 35.3. The lowest BCUT2D eigenvalue weighted by Gasteiger charge is -2.30. The molecule has 14 aromatic rings. The molecule has 1 spiro atoms. The van der Waals surface area contributed by atoms with Crippen LogP contribution in [0.1, 0.15) is 22.3 Å². The Morgan fingerprint density at radius 3 is 1.68 bits per heavy atom. The number of hydrogen-bond donors (Lipinski definition) is 0. The molecule has 2 aliphatic carbocycles. The minimum absolute atomic E-state index is 0.0165. The third kappa shape index (κ3) is 4.14. The smallest absolute Gasteiger partial charge is 0.263 e. The normalized spacial score (nSPS) is 13.6. The lowest BCUT2D eigenvalue weighted by molar-refractivity contribution is 0.795. The van der Waals surface area contributed by atoms with Crippen LogP contribution in [0.15, 0.2) is 211 Å². The standard InChI is InChI=1S/C62H34N2OS/c65-61-44-29-28-35(30-46(44)43-21-13-20-42-39-17-4-11-26-55(39)64(61)60(42)43)45-31-49-41-19-6-12-27-58(41)66-59(49)34-57(45)63-54-25-10-5-18-40(54)48-32-53-47(33-56(48)63)38-16-3-9-24-52(38)62(53)50-22-7-1-14-36(50)37-15-2-8-23-51(37)62/h1-34H. The fourth-order valence-electron chi connectivity index (χ4n) is 12.7. The summed E-state index contributed by atoms with van der Waals surface area (Å²) in [7, 11) is 0. The van der Waals surface area contributed by atoms with E-state index in [2.05, 4.69) is 205 Å². The van der Waals surface area contributed by atoms with Crippen molar-refractivity contribution in [3.63, 3.8) is 0 Å². The highest BCUT2D eigenvalue weighted by Gasteiger charge is 2.51. The van der Waals surface area contributed by atoms with Gasteiger partial charge in [-0.05, 0) is 110 Å². The van der Waals surface area contributed by atoms with Gasteiger partial charge in [0.15, 0.2) is 0 Å². The molecule has 0 N–H and O–H groups in total. The first kappa shape index (κ1) is 35.1. The summed E-state index contributed by atoms with van der Waals surface area (Å²) < 4.78 is 6.97. The number of benzene rings is 10. The Morgan fingerprint density at radius 2 is 0.939 bits per heavy atom. The largest absolute Gasteiger partial charge is 0.309 e. The highest BCUT2D eigenvalue weighted by atomic mass is 32.1. The summed E-state index contributed by atoms with van der Waals surface area (Å²) in [6.07, 6.45) is 0. The van der Waals surface area contributed by atoms with Crippen molar-refractivity contribution in [2.75, 3.05) is 0 Å². The monoisotopic (exact) mass is 854 g/mol. The van der Waals surface area contributed by atoms with Gasteiger partial charge in [0, 0.05) is 58.1 Å². The van der Waals surface area contributed by atoms with E-state index in [1.54, 1.807) is 0 Å². The predicted molar refractivity (Wildman–Crippen MR) is 276 cm³/mol. The van der Waals surface area contributed by atoms with E-state index in [4.69, 9.17) is 0 Å². The molecule has 3 nitrogen and oxygen atoms in total. The Hall–Kier alpha value is -8.31. The van der Waals surface area contributed by atoms with E-state index in [0.717, 1.165) is 60.3 Å². The van der Waals surface area contributed by atoms with Gasteiger partial charge in [0.25, 0.3) is 5.56 Å². The van der Waals surface area contributed by atoms with Gasteiger partial charge < -0.3 is 4.57 Å². The highest BCUT2D eigenvalue weighted by Crippen LogP contribution is 2.63. The molecular formula is C62H34N2OS. The third-order valence-electron chi connectivity index (χ3n) is 15.3. The molecule has 16 rings (SSSR count). The number of hydrogen-bond acceptors (Lipinski definition) is 2. The molecule has 4 heterocycles. The minimum Gasteiger partial charge on any atom is -0.309 e. The van der Waals surface area contributed by atoms with Gasteiger partial charge >= 0.3 is 0 Å². The molecule has 66 heavy (non-hydrogen) atoms. The average Bonchev–Trinajstić information content (AvgIpc) is 4.15. The summed E-state index contributed by atoms with van der Waals surface area (Å²) in [6, 6.07) is 76.0. The number of rotatable bonds is 2. The number of thiophene rings is 1. The van der Waals surface area contributed by atoms with Crippen LogP contribution in [-0.4, -0.2) is 8.97 Å². The SMILES string of the molecule is O=c1c2ccc(-c3cc4c(cc3-n3c5ccccc5c5cc6c(cc53)-c3ccccc3C63c5ccccc5-c5ccccc53)sc3ccccc34)cc2c2cccc3c4ccccc4n1c23. The van der Waals surface area contributed by atoms with Crippen LogP contribution >= 0.6 is 11.3 Å². The van der Waals surface area contributed by atoms with Crippen LogP contribution in [0.5, 0.6) is 0 Å². The third-order valence-corrected chi connectivity index (χ3v) is 16.4. The average molecular weight is 855 g/mol. The van der Waals surface area contributed by atoms with Crippen LogP contribution in [0.3, 0.4) is 0 Å². The van der Waals surface area contributed by atoms with E-state index in [1.165, 1.54) is 81.0 Å². The van der Waals surface area contributed by atoms with E-state index in [9.17, 15) is 4.79 Å². The Bertz CT molecular complexity index is 4520. The molecule has 10 aromatic carbocycles. The molecule has 4 heteroatoms. The van der Waals surface area contributed by atoms with Crippen LogP contribution in [0.2, 0.25) is 0 Å². The molecular weight excluding hydrogens is 821 g/mol. The Kier molecular flexibility index (Phi) is 6.52. The molecule has 0 saturated carbocycles. The summed E-state index contributed by atoms with van der Waals surface area (Å²) >= 11 is 1.85. The van der Waals surface area contributed by atoms with Gasteiger partial charge in [-0.15, -0.1) is 11.3 Å². The maximum Gasteiger partial charge on any atom is 0.263 e. The minimum atomic E-state index is -0.438. The van der Waals surface area contributed by atoms with Crippen molar-refractivity contribution >= 4 is 91.3 Å². The topological polar surface area (TPSA) is 26.4 Å². The van der Waals surface area contributed by atoms with E-state index in [0.29, 0.717) is 0 Å². The molecule has 0 atom stereocenters. The maximum atomic E-state index is 14.6. The number of nitrogens with zero attached hydrogens (tertiary/aromatic N) is 2. The van der Waals surface area contributed by atoms with Crippen molar-refractivity contribution < 1.29 is 0 Å². The van der Waals surface area contributed by atoms with Gasteiger partial charge in [0.05, 0.1) is 33.2 Å². The van der Waals surface area contributed by atoms with Gasteiger partial charge in [-0.1, -0.05) is 152 Å². The van der Waals surface area contributed by atoms with Crippen molar-refractivity contribution in [2.24, 2.45) is 0 Å². The zero-order valence-corrected chi connectivity index (χ0v) is 36.2. The van der Waals surface area contributed by atoms with Crippen molar-refractivity contribution in [1.29, 1.82) is 0 Å². The van der Waals surface area contributed by atoms with E-state index < -0.39 is 5.41 Å². The van der Waals surface area contributed by atoms with Gasteiger partial charge in [-0.3, -0.25) is 9.20 Å². The Morgan fingerprint density at radius 1 is 0.348 bits per heavy atom. The highest BCUT2D eigenvalue weighted by molar-refractivity contribution is 7.25. The summed E-state index contributed by atoms with van der Waals surface area (Å²) in [5.41, 5.74) is 17.7. The predicted octanol–water partition coefficient (Wildman–Crippen LogP) is 15.7. The molecule has 0 bridgehead atoms. The van der Waals surface area contributed by atoms with Crippen LogP contribution < -0.4 is 5.56 Å². The van der Waals surface area contributed by atoms with Crippen molar-refractivity contribution in [3.8, 4) is 39.1 Å². The van der Waals surface area contributed by atoms with Crippen LogP contribution in [-0.2, 0) is 5.41 Å². The summed E-state index contributed by atoms with van der Waals surface area (Å²) in [5, 5.41) is 9.92. The molecule has 0 radical (unpaired) electrons. The second-order valence-corrected chi connectivity index (χ2v) is 19.3. The first-order valence-corrected chi connectivity index (χ1v) is 23.5.